The minimum Gasteiger partial charge on any atom is -0.462 e. The Kier molecular flexibility index (Phi) is 39.8. The summed E-state index contributed by atoms with van der Waals surface area (Å²) in [5, 5.41) is 15.2. The molecule has 0 radical (unpaired) electrons. The first-order chi connectivity index (χ1) is 21.0. The van der Waals surface area contributed by atoms with E-state index in [1.54, 1.807) is 6.92 Å². The summed E-state index contributed by atoms with van der Waals surface area (Å²) in [5.74, 6) is -0.337. The van der Waals surface area contributed by atoms with Crippen molar-refractivity contribution in [3.8, 4) is 0 Å². The van der Waals surface area contributed by atoms with E-state index < -0.39 is 0 Å². The van der Waals surface area contributed by atoms with Crippen molar-refractivity contribution in [2.75, 3.05) is 19.8 Å². The minimum absolute atomic E-state index is 0.125. The fourth-order valence-corrected chi connectivity index (χ4v) is 5.17. The zero-order valence-corrected chi connectivity index (χ0v) is 29.0. The van der Waals surface area contributed by atoms with Crippen molar-refractivity contribution in [1.82, 2.24) is 0 Å². The number of hydrogen-bond donors (Lipinski definition) is 2. The number of rotatable bonds is 32. The Morgan fingerprint density at radius 3 is 1.05 bits per heavy atom. The Bertz CT molecular complexity index is 551. The highest BCUT2D eigenvalue weighted by molar-refractivity contribution is 5.70. The van der Waals surface area contributed by atoms with Crippen molar-refractivity contribution in [3.05, 3.63) is 0 Å². The van der Waals surface area contributed by atoms with Crippen LogP contribution in [0.15, 0.2) is 0 Å². The normalized spacial score (nSPS) is 11.6. The molecule has 0 rings (SSSR count). The molecule has 1 unspecified atom stereocenters. The lowest BCUT2D eigenvalue weighted by Gasteiger charge is -2.13. The number of unbranched alkanes of at least 4 members (excludes halogenated alkanes) is 24. The molecule has 6 nitrogen and oxygen atoms in total. The smallest absolute Gasteiger partial charge is 0.306 e. The molecule has 0 aromatic rings. The van der Waals surface area contributed by atoms with Gasteiger partial charge in [-0.15, -0.1) is 0 Å². The lowest BCUT2D eigenvalue weighted by Crippen LogP contribution is -2.22. The van der Waals surface area contributed by atoms with Crippen LogP contribution in [-0.2, 0) is 19.1 Å². The fraction of sp³-hybridized carbons (Fsp3) is 0.946. The molecule has 1 atom stereocenters. The van der Waals surface area contributed by atoms with Crippen LogP contribution in [-0.4, -0.2) is 48.1 Å². The van der Waals surface area contributed by atoms with Gasteiger partial charge in [0, 0.05) is 12.8 Å². The van der Waals surface area contributed by atoms with Crippen LogP contribution >= 0.6 is 0 Å². The van der Waals surface area contributed by atoms with E-state index in [4.69, 9.17) is 19.7 Å². The third-order valence-electron chi connectivity index (χ3n) is 7.88. The van der Waals surface area contributed by atoms with E-state index in [0.29, 0.717) is 12.8 Å². The van der Waals surface area contributed by atoms with Crippen LogP contribution in [0.1, 0.15) is 201 Å². The maximum Gasteiger partial charge on any atom is 0.306 e. The van der Waals surface area contributed by atoms with Crippen molar-refractivity contribution >= 4 is 11.9 Å². The predicted molar refractivity (Wildman–Crippen MR) is 181 cm³/mol. The maximum absolute atomic E-state index is 12.0. The molecule has 0 saturated carbocycles. The van der Waals surface area contributed by atoms with Gasteiger partial charge in [-0.3, -0.25) is 9.59 Å². The lowest BCUT2D eigenvalue weighted by molar-refractivity contribution is -0.158. The summed E-state index contributed by atoms with van der Waals surface area (Å²) in [6.07, 6.45) is 34.2. The van der Waals surface area contributed by atoms with E-state index in [1.807, 2.05) is 0 Å². The van der Waals surface area contributed by atoms with Crippen LogP contribution in [0.5, 0.6) is 0 Å². The van der Waals surface area contributed by atoms with Crippen LogP contribution in [0.2, 0.25) is 0 Å². The molecular formula is C37H74O6. The van der Waals surface area contributed by atoms with Crippen LogP contribution in [0, 0.1) is 0 Å². The van der Waals surface area contributed by atoms with Gasteiger partial charge in [0.05, 0.1) is 13.2 Å². The molecule has 258 valence electrons. The summed E-state index contributed by atoms with van der Waals surface area (Å²) >= 11 is 0. The van der Waals surface area contributed by atoms with Crippen molar-refractivity contribution in [3.63, 3.8) is 0 Å². The molecule has 0 fully saturated rings. The molecule has 43 heavy (non-hydrogen) atoms. The molecule has 0 spiro atoms. The molecule has 6 heteroatoms. The molecule has 0 saturated heterocycles. The van der Waals surface area contributed by atoms with E-state index in [1.165, 1.54) is 141 Å². The summed E-state index contributed by atoms with van der Waals surface area (Å²) in [5.41, 5.74) is 0. The highest BCUT2D eigenvalue weighted by Crippen LogP contribution is 2.15. The van der Waals surface area contributed by atoms with E-state index in [0.717, 1.165) is 25.7 Å². The summed E-state index contributed by atoms with van der Waals surface area (Å²) in [7, 11) is 0. The average Bonchev–Trinajstić information content (AvgIpc) is 3.00. The zero-order valence-electron chi connectivity index (χ0n) is 29.0. The van der Waals surface area contributed by atoms with Crippen molar-refractivity contribution < 1.29 is 29.3 Å². The number of ether oxygens (including phenoxy) is 2. The maximum atomic E-state index is 12.0. The second kappa shape index (κ2) is 38.9. The third-order valence-corrected chi connectivity index (χ3v) is 7.88. The van der Waals surface area contributed by atoms with Gasteiger partial charge in [0.25, 0.3) is 0 Å². The monoisotopic (exact) mass is 615 g/mol. The summed E-state index contributed by atoms with van der Waals surface area (Å²) in [4.78, 5) is 24.0. The van der Waals surface area contributed by atoms with E-state index >= 15 is 0 Å². The highest BCUT2D eigenvalue weighted by atomic mass is 16.6. The third kappa shape index (κ3) is 40.9. The SMILES string of the molecule is CCCCCCCCCCCCCCCC(=O)OCC(C)OC(=O)CCCCCCCCCCCCCCC.OCCO. The van der Waals surface area contributed by atoms with Crippen LogP contribution in [0.25, 0.3) is 0 Å². The topological polar surface area (TPSA) is 93.1 Å². The van der Waals surface area contributed by atoms with Crippen molar-refractivity contribution in [2.45, 2.75) is 207 Å². The molecule has 2 N–H and O–H groups in total. The van der Waals surface area contributed by atoms with Gasteiger partial charge in [0.1, 0.15) is 12.7 Å². The van der Waals surface area contributed by atoms with Gasteiger partial charge in [0.2, 0.25) is 0 Å². The predicted octanol–water partition coefficient (Wildman–Crippen LogP) is 10.4. The fourth-order valence-electron chi connectivity index (χ4n) is 5.17. The average molecular weight is 615 g/mol. The molecule has 0 bridgehead atoms. The standard InChI is InChI=1S/C35H68O4.C2H6O2/c1-4-6-8-10-12-14-16-18-20-22-24-26-28-30-34(36)38-32-33(3)39-35(37)31-29-27-25-23-21-19-17-15-13-11-9-7-5-2;3-1-2-4/h33H,4-32H2,1-3H3;3-4H,1-2H2. The second-order valence-corrected chi connectivity index (χ2v) is 12.4. The first kappa shape index (κ1) is 44.0. The van der Waals surface area contributed by atoms with E-state index in [-0.39, 0.29) is 37.9 Å². The van der Waals surface area contributed by atoms with Crippen molar-refractivity contribution in [1.29, 1.82) is 0 Å². The number of hydrogen-bond acceptors (Lipinski definition) is 6. The van der Waals surface area contributed by atoms with Gasteiger partial charge in [-0.25, -0.2) is 0 Å². The van der Waals surface area contributed by atoms with Crippen molar-refractivity contribution in [2.24, 2.45) is 0 Å². The van der Waals surface area contributed by atoms with Crippen LogP contribution < -0.4 is 0 Å². The Morgan fingerprint density at radius 2 is 0.744 bits per heavy atom. The first-order valence-corrected chi connectivity index (χ1v) is 18.6. The van der Waals surface area contributed by atoms with E-state index in [2.05, 4.69) is 13.8 Å². The van der Waals surface area contributed by atoms with Gasteiger partial charge < -0.3 is 19.7 Å². The summed E-state index contributed by atoms with van der Waals surface area (Å²) in [6.45, 7) is 6.26. The Hall–Kier alpha value is -1.14. The summed E-state index contributed by atoms with van der Waals surface area (Å²) in [6, 6.07) is 0. The first-order valence-electron chi connectivity index (χ1n) is 18.6. The Morgan fingerprint density at radius 1 is 0.465 bits per heavy atom. The number of carbonyl (C=O) groups is 2. The number of esters is 2. The summed E-state index contributed by atoms with van der Waals surface area (Å²) < 4.78 is 10.7. The lowest BCUT2D eigenvalue weighted by atomic mass is 10.0. The van der Waals surface area contributed by atoms with Crippen LogP contribution in [0.4, 0.5) is 0 Å². The Labute approximate surface area is 267 Å². The molecule has 0 aliphatic rings. The Balaban J connectivity index is 0. The van der Waals surface area contributed by atoms with E-state index in [9.17, 15) is 9.59 Å². The highest BCUT2D eigenvalue weighted by Gasteiger charge is 2.12. The van der Waals surface area contributed by atoms with Gasteiger partial charge >= 0.3 is 11.9 Å². The zero-order chi connectivity index (χ0) is 32.1. The largest absolute Gasteiger partial charge is 0.462 e. The number of aliphatic hydroxyl groups excluding tert-OH is 2. The number of aliphatic hydroxyl groups is 2. The van der Waals surface area contributed by atoms with Gasteiger partial charge in [-0.05, 0) is 19.8 Å². The molecule has 0 aliphatic carbocycles. The minimum atomic E-state index is -0.366. The van der Waals surface area contributed by atoms with Gasteiger partial charge in [0.15, 0.2) is 0 Å². The van der Waals surface area contributed by atoms with Gasteiger partial charge in [-0.1, -0.05) is 168 Å². The van der Waals surface area contributed by atoms with Crippen LogP contribution in [0.3, 0.4) is 0 Å². The molecular weight excluding hydrogens is 540 g/mol. The molecule has 0 heterocycles. The molecule has 0 amide bonds. The molecule has 0 aliphatic heterocycles. The quantitative estimate of drug-likeness (QED) is 0.0578. The second-order valence-electron chi connectivity index (χ2n) is 12.4. The van der Waals surface area contributed by atoms with Gasteiger partial charge in [-0.2, -0.15) is 0 Å². The number of carbonyl (C=O) groups excluding carboxylic acids is 2. The molecule has 0 aromatic carbocycles. The molecule has 0 aromatic heterocycles.